The molecular weight excluding hydrogens is 348 g/mol. The molecule has 2 aromatic rings. The molecule has 1 N–H and O–H groups in total. The van der Waals surface area contributed by atoms with Crippen LogP contribution in [-0.2, 0) is 25.9 Å². The SMILES string of the molecule is CCCCn1c2c(cc(C(=O)NCc3ccccc3C)c1=O)CCCCCC2. The molecule has 1 aliphatic rings. The first-order valence-corrected chi connectivity index (χ1v) is 10.7. The number of pyridine rings is 1. The van der Waals surface area contributed by atoms with Crippen molar-refractivity contribution in [3.8, 4) is 0 Å². The number of aryl methyl sites for hydroxylation is 2. The van der Waals surface area contributed by atoms with Crippen LogP contribution in [0.25, 0.3) is 0 Å². The first-order valence-electron chi connectivity index (χ1n) is 10.7. The van der Waals surface area contributed by atoms with Crippen LogP contribution >= 0.6 is 0 Å². The number of amides is 1. The fourth-order valence-electron chi connectivity index (χ4n) is 4.03. The molecule has 4 nitrogen and oxygen atoms in total. The lowest BCUT2D eigenvalue weighted by Crippen LogP contribution is -2.35. The summed E-state index contributed by atoms with van der Waals surface area (Å²) >= 11 is 0. The second kappa shape index (κ2) is 9.72. The van der Waals surface area contributed by atoms with E-state index in [4.69, 9.17) is 0 Å². The van der Waals surface area contributed by atoms with Gasteiger partial charge in [0.25, 0.3) is 11.5 Å². The first-order chi connectivity index (χ1) is 13.6. The van der Waals surface area contributed by atoms with E-state index in [2.05, 4.69) is 12.2 Å². The molecule has 0 radical (unpaired) electrons. The maximum absolute atomic E-state index is 13.2. The monoisotopic (exact) mass is 380 g/mol. The number of fused-ring (bicyclic) bond motifs is 1. The van der Waals surface area contributed by atoms with Crippen molar-refractivity contribution in [2.45, 2.75) is 78.3 Å². The Morgan fingerprint density at radius 2 is 1.86 bits per heavy atom. The van der Waals surface area contributed by atoms with Crippen molar-refractivity contribution in [1.82, 2.24) is 9.88 Å². The Morgan fingerprint density at radius 1 is 1.11 bits per heavy atom. The quantitative estimate of drug-likeness (QED) is 0.799. The first kappa shape index (κ1) is 20.4. The van der Waals surface area contributed by atoms with Gasteiger partial charge in [-0.1, -0.05) is 50.5 Å². The smallest absolute Gasteiger partial charge is 0.263 e. The summed E-state index contributed by atoms with van der Waals surface area (Å²) in [6, 6.07) is 9.87. The molecule has 1 amide bonds. The van der Waals surface area contributed by atoms with E-state index in [0.29, 0.717) is 18.7 Å². The van der Waals surface area contributed by atoms with Crippen LogP contribution in [0.4, 0.5) is 0 Å². The van der Waals surface area contributed by atoms with Crippen LogP contribution in [0.2, 0.25) is 0 Å². The van der Waals surface area contributed by atoms with Crippen molar-refractivity contribution in [3.63, 3.8) is 0 Å². The van der Waals surface area contributed by atoms with Crippen molar-refractivity contribution in [2.75, 3.05) is 0 Å². The minimum atomic E-state index is -0.261. The van der Waals surface area contributed by atoms with Gasteiger partial charge in [-0.05, 0) is 61.8 Å². The second-order valence-electron chi connectivity index (χ2n) is 7.86. The predicted molar refractivity (Wildman–Crippen MR) is 114 cm³/mol. The van der Waals surface area contributed by atoms with Crippen molar-refractivity contribution < 1.29 is 4.79 Å². The minimum Gasteiger partial charge on any atom is -0.348 e. The molecular formula is C24H32N2O2. The van der Waals surface area contributed by atoms with Gasteiger partial charge in [-0.15, -0.1) is 0 Å². The number of rotatable bonds is 6. The molecule has 1 aromatic carbocycles. The maximum Gasteiger partial charge on any atom is 0.263 e. The zero-order chi connectivity index (χ0) is 19.9. The summed E-state index contributed by atoms with van der Waals surface area (Å²) in [5.41, 5.74) is 4.74. The van der Waals surface area contributed by atoms with E-state index in [0.717, 1.165) is 55.3 Å². The lowest BCUT2D eigenvalue weighted by molar-refractivity contribution is 0.0948. The average Bonchev–Trinajstić information content (AvgIpc) is 2.67. The highest BCUT2D eigenvalue weighted by molar-refractivity contribution is 5.94. The molecule has 0 saturated heterocycles. The van der Waals surface area contributed by atoms with Gasteiger partial charge >= 0.3 is 0 Å². The van der Waals surface area contributed by atoms with E-state index in [9.17, 15) is 9.59 Å². The van der Waals surface area contributed by atoms with Crippen LogP contribution in [-0.4, -0.2) is 10.5 Å². The van der Waals surface area contributed by atoms with Gasteiger partial charge in [-0.2, -0.15) is 0 Å². The highest BCUT2D eigenvalue weighted by atomic mass is 16.2. The molecule has 1 aromatic heterocycles. The Morgan fingerprint density at radius 3 is 2.61 bits per heavy atom. The second-order valence-corrected chi connectivity index (χ2v) is 7.86. The summed E-state index contributed by atoms with van der Waals surface area (Å²) < 4.78 is 1.90. The number of nitrogens with one attached hydrogen (secondary N) is 1. The van der Waals surface area contributed by atoms with Gasteiger partial charge in [0.2, 0.25) is 0 Å². The molecule has 3 rings (SSSR count). The van der Waals surface area contributed by atoms with Crippen LogP contribution in [0.15, 0.2) is 35.1 Å². The molecule has 1 heterocycles. The van der Waals surface area contributed by atoms with Crippen LogP contribution in [0.5, 0.6) is 0 Å². The topological polar surface area (TPSA) is 51.1 Å². The number of nitrogens with zero attached hydrogens (tertiary/aromatic N) is 1. The minimum absolute atomic E-state index is 0.130. The van der Waals surface area contributed by atoms with E-state index in [1.807, 2.05) is 41.8 Å². The predicted octanol–water partition coefficient (Wildman–Crippen LogP) is 4.55. The summed E-state index contributed by atoms with van der Waals surface area (Å²) in [7, 11) is 0. The fourth-order valence-corrected chi connectivity index (χ4v) is 4.03. The molecule has 0 fully saturated rings. The van der Waals surface area contributed by atoms with Gasteiger partial charge < -0.3 is 9.88 Å². The van der Waals surface area contributed by atoms with Gasteiger partial charge in [0.15, 0.2) is 0 Å². The summed E-state index contributed by atoms with van der Waals surface area (Å²) in [6.45, 7) is 5.31. The molecule has 0 saturated carbocycles. The molecule has 1 aliphatic carbocycles. The van der Waals surface area contributed by atoms with E-state index < -0.39 is 0 Å². The van der Waals surface area contributed by atoms with E-state index in [-0.39, 0.29) is 11.5 Å². The molecule has 4 heteroatoms. The van der Waals surface area contributed by atoms with Gasteiger partial charge in [0.05, 0.1) is 0 Å². The number of hydrogen-bond acceptors (Lipinski definition) is 2. The Hall–Kier alpha value is -2.36. The molecule has 150 valence electrons. The van der Waals surface area contributed by atoms with E-state index in [1.165, 1.54) is 18.4 Å². The van der Waals surface area contributed by atoms with Gasteiger partial charge in [0, 0.05) is 18.8 Å². The standard InChI is InChI=1S/C24H32N2O2/c1-3-4-15-26-22-14-8-6-5-7-12-19(22)16-21(24(26)28)23(27)25-17-20-13-10-9-11-18(20)2/h9-11,13,16H,3-8,12,14-15,17H2,1-2H3,(H,25,27). The normalized spacial score (nSPS) is 14.1. The zero-order valence-electron chi connectivity index (χ0n) is 17.2. The number of carbonyl (C=O) groups excluding carboxylic acids is 1. The lowest BCUT2D eigenvalue weighted by Gasteiger charge is -2.21. The Labute approximate surface area is 168 Å². The molecule has 0 aliphatic heterocycles. The largest absolute Gasteiger partial charge is 0.348 e. The number of aromatic nitrogens is 1. The fraction of sp³-hybridized carbons (Fsp3) is 0.500. The van der Waals surface area contributed by atoms with Crippen molar-refractivity contribution in [2.24, 2.45) is 0 Å². The summed E-state index contributed by atoms with van der Waals surface area (Å²) in [4.78, 5) is 26.1. The third-order valence-electron chi connectivity index (χ3n) is 5.78. The Bertz CT molecular complexity index is 883. The van der Waals surface area contributed by atoms with Crippen molar-refractivity contribution in [1.29, 1.82) is 0 Å². The summed E-state index contributed by atoms with van der Waals surface area (Å²) in [6.07, 6.45) is 8.59. The lowest BCUT2D eigenvalue weighted by atomic mass is 9.95. The summed E-state index contributed by atoms with van der Waals surface area (Å²) in [5.74, 6) is -0.261. The molecule has 28 heavy (non-hydrogen) atoms. The third kappa shape index (κ3) is 4.73. The van der Waals surface area contributed by atoms with E-state index in [1.54, 1.807) is 0 Å². The number of hydrogen-bond donors (Lipinski definition) is 1. The van der Waals surface area contributed by atoms with Crippen LogP contribution in [0, 0.1) is 6.92 Å². The highest BCUT2D eigenvalue weighted by Gasteiger charge is 2.20. The van der Waals surface area contributed by atoms with Gasteiger partial charge in [-0.3, -0.25) is 9.59 Å². The third-order valence-corrected chi connectivity index (χ3v) is 5.78. The van der Waals surface area contributed by atoms with Crippen LogP contribution in [0.3, 0.4) is 0 Å². The summed E-state index contributed by atoms with van der Waals surface area (Å²) in [5, 5.41) is 2.96. The number of benzene rings is 1. The van der Waals surface area contributed by atoms with Crippen molar-refractivity contribution in [3.05, 3.63) is 68.6 Å². The maximum atomic E-state index is 13.2. The zero-order valence-corrected chi connectivity index (χ0v) is 17.2. The number of carbonyl (C=O) groups is 1. The number of unbranched alkanes of at least 4 members (excludes halogenated alkanes) is 1. The van der Waals surface area contributed by atoms with Crippen molar-refractivity contribution >= 4 is 5.91 Å². The molecule has 0 spiro atoms. The van der Waals surface area contributed by atoms with Gasteiger partial charge in [-0.25, -0.2) is 0 Å². The van der Waals surface area contributed by atoms with Crippen LogP contribution < -0.4 is 10.9 Å². The molecule has 0 unspecified atom stereocenters. The molecule has 0 bridgehead atoms. The Balaban J connectivity index is 1.90. The molecule has 0 atom stereocenters. The Kier molecular flexibility index (Phi) is 7.07. The average molecular weight is 381 g/mol. The van der Waals surface area contributed by atoms with Crippen LogP contribution in [0.1, 0.15) is 78.2 Å². The van der Waals surface area contributed by atoms with Gasteiger partial charge in [0.1, 0.15) is 5.56 Å². The van der Waals surface area contributed by atoms with E-state index >= 15 is 0 Å². The highest BCUT2D eigenvalue weighted by Crippen LogP contribution is 2.20.